The second-order valence-corrected chi connectivity index (χ2v) is 6.13. The highest BCUT2D eigenvalue weighted by atomic mass is 35.5. The van der Waals surface area contributed by atoms with Crippen molar-refractivity contribution in [1.29, 1.82) is 0 Å². The molecular weight excluding hydrogens is 379 g/mol. The van der Waals surface area contributed by atoms with Gasteiger partial charge in [-0.1, -0.05) is 26.7 Å². The smallest absolute Gasteiger partial charge is 0.296 e. The van der Waals surface area contributed by atoms with Gasteiger partial charge in [-0.25, -0.2) is 0 Å². The summed E-state index contributed by atoms with van der Waals surface area (Å²) in [6, 6.07) is 0. The van der Waals surface area contributed by atoms with E-state index in [1.807, 2.05) is 9.36 Å². The average Bonchev–Trinajstić information content (AvgIpc) is 3.10. The Labute approximate surface area is 167 Å². The molecule has 0 aromatic carbocycles. The molecule has 26 heavy (non-hydrogen) atoms. The molecule has 150 valence electrons. The number of halogens is 2. The fraction of sp³-hybridized carbons (Fsp3) is 0.750. The third-order valence-corrected chi connectivity index (χ3v) is 4.21. The molecule has 0 aliphatic heterocycles. The van der Waals surface area contributed by atoms with Gasteiger partial charge in [-0.15, -0.1) is 0 Å². The number of aryl methyl sites for hydroxylation is 2. The Morgan fingerprint density at radius 2 is 1.12 bits per heavy atom. The van der Waals surface area contributed by atoms with Crippen LogP contribution >= 0.6 is 0 Å². The monoisotopic (exact) mass is 408 g/mol. The molecule has 0 aliphatic carbocycles. The van der Waals surface area contributed by atoms with E-state index >= 15 is 0 Å². The number of hydrogen-bond donors (Lipinski definition) is 2. The average molecular weight is 409 g/mol. The Morgan fingerprint density at radius 3 is 1.46 bits per heavy atom. The zero-order chi connectivity index (χ0) is 17.4. The van der Waals surface area contributed by atoms with Gasteiger partial charge in [0.15, 0.2) is 13.1 Å². The molecule has 2 rings (SSSR count). The van der Waals surface area contributed by atoms with Crippen LogP contribution in [0.5, 0.6) is 0 Å². The summed E-state index contributed by atoms with van der Waals surface area (Å²) in [6.45, 7) is 5.99. The first-order valence-corrected chi connectivity index (χ1v) is 8.95. The molecule has 2 aromatic heterocycles. The predicted molar refractivity (Wildman–Crippen MR) is 88.7 cm³/mol. The van der Waals surface area contributed by atoms with E-state index in [1.165, 1.54) is 0 Å². The van der Waals surface area contributed by atoms with Gasteiger partial charge in [-0.05, 0) is 22.2 Å². The van der Waals surface area contributed by atoms with Crippen LogP contribution in [0.25, 0.3) is 0 Å². The van der Waals surface area contributed by atoms with Gasteiger partial charge in [0.05, 0.1) is 12.8 Å². The van der Waals surface area contributed by atoms with Crippen molar-refractivity contribution in [1.82, 2.24) is 10.5 Å². The summed E-state index contributed by atoms with van der Waals surface area (Å²) in [5, 5.41) is 8.07. The number of anilines is 2. The molecule has 0 aliphatic rings. The highest BCUT2D eigenvalue weighted by Gasteiger charge is 2.27. The lowest BCUT2D eigenvalue weighted by atomic mass is 10.1. The van der Waals surface area contributed by atoms with Gasteiger partial charge in [0.25, 0.3) is 23.2 Å². The maximum absolute atomic E-state index is 5.93. The Hall–Kier alpha value is -1.54. The van der Waals surface area contributed by atoms with Gasteiger partial charge in [-0.2, -0.15) is 0 Å². The van der Waals surface area contributed by atoms with Gasteiger partial charge in [0, 0.05) is 12.8 Å². The number of nitrogen functional groups attached to an aromatic ring is 2. The van der Waals surface area contributed by atoms with Crippen LogP contribution in [0.3, 0.4) is 0 Å². The molecule has 0 unspecified atom stereocenters. The van der Waals surface area contributed by atoms with Crippen LogP contribution in [-0.4, -0.2) is 10.5 Å². The van der Waals surface area contributed by atoms with E-state index in [4.69, 9.17) is 20.5 Å². The number of unbranched alkanes of at least 4 members (excludes halogenated alkanes) is 4. The highest BCUT2D eigenvalue weighted by molar-refractivity contribution is 5.29. The van der Waals surface area contributed by atoms with Crippen molar-refractivity contribution in [2.24, 2.45) is 0 Å². The van der Waals surface area contributed by atoms with E-state index in [9.17, 15) is 0 Å². The zero-order valence-electron chi connectivity index (χ0n) is 15.6. The molecule has 0 bridgehead atoms. The lowest BCUT2D eigenvalue weighted by Gasteiger charge is -1.96. The summed E-state index contributed by atoms with van der Waals surface area (Å²) in [4.78, 5) is 0. The summed E-state index contributed by atoms with van der Waals surface area (Å²) < 4.78 is 14.0. The quantitative estimate of drug-likeness (QED) is 0.286. The molecule has 10 heteroatoms. The molecule has 0 spiro atoms. The molecule has 0 amide bonds. The van der Waals surface area contributed by atoms with Crippen LogP contribution in [0, 0.1) is 0 Å². The van der Waals surface area contributed by atoms with Crippen LogP contribution in [0.2, 0.25) is 0 Å². The van der Waals surface area contributed by atoms with Crippen molar-refractivity contribution in [3.63, 3.8) is 0 Å². The zero-order valence-corrected chi connectivity index (χ0v) is 17.1. The highest BCUT2D eigenvalue weighted by Crippen LogP contribution is 2.13. The van der Waals surface area contributed by atoms with Gasteiger partial charge in [-0.3, -0.25) is 9.05 Å². The first kappa shape index (κ1) is 24.5. The van der Waals surface area contributed by atoms with Crippen molar-refractivity contribution < 1.29 is 43.2 Å². The second-order valence-electron chi connectivity index (χ2n) is 6.13. The second kappa shape index (κ2) is 12.8. The third kappa shape index (κ3) is 6.64. The van der Waals surface area contributed by atoms with Gasteiger partial charge >= 0.3 is 0 Å². The maximum Gasteiger partial charge on any atom is 0.296 e. The molecule has 0 saturated carbocycles. The van der Waals surface area contributed by atoms with Gasteiger partial charge in [0.1, 0.15) is 0 Å². The van der Waals surface area contributed by atoms with Crippen LogP contribution in [0.4, 0.5) is 11.8 Å². The number of hydrogen-bond acceptors (Lipinski definition) is 6. The molecular formula is C16H30Cl2N6O2. The van der Waals surface area contributed by atoms with Crippen molar-refractivity contribution in [3.05, 3.63) is 11.4 Å². The molecule has 0 saturated heterocycles. The Balaban J connectivity index is 0.00000312. The fourth-order valence-electron chi connectivity index (χ4n) is 2.76. The normalized spacial score (nSPS) is 10.4. The SMILES string of the molecule is CCCCC[n+]1noc(N)c1CCc1c(N)on[n+]1CCCCC.[Cl-].[Cl-]. The third-order valence-electron chi connectivity index (χ3n) is 4.21. The summed E-state index contributed by atoms with van der Waals surface area (Å²) in [7, 11) is 0. The lowest BCUT2D eigenvalue weighted by Crippen LogP contribution is -3.00. The van der Waals surface area contributed by atoms with E-state index in [0.717, 1.165) is 63.0 Å². The largest absolute Gasteiger partial charge is 1.00 e. The Bertz CT molecular complexity index is 578. The maximum atomic E-state index is 5.93. The van der Waals surface area contributed by atoms with Crippen molar-refractivity contribution in [2.45, 2.75) is 78.3 Å². The molecule has 0 atom stereocenters. The fourth-order valence-corrected chi connectivity index (χ4v) is 2.76. The summed E-state index contributed by atoms with van der Waals surface area (Å²) in [6.07, 6.45) is 8.17. The molecule has 2 heterocycles. The molecule has 4 N–H and O–H groups in total. The number of nitrogens with two attached hydrogens (primary N) is 2. The van der Waals surface area contributed by atoms with Crippen LogP contribution in [0.15, 0.2) is 9.05 Å². The first-order valence-electron chi connectivity index (χ1n) is 8.95. The Kier molecular flexibility index (Phi) is 12.0. The Morgan fingerprint density at radius 1 is 0.731 bits per heavy atom. The lowest BCUT2D eigenvalue weighted by molar-refractivity contribution is -0.772. The van der Waals surface area contributed by atoms with Gasteiger partial charge < -0.3 is 36.3 Å². The molecule has 8 nitrogen and oxygen atoms in total. The van der Waals surface area contributed by atoms with Gasteiger partial charge in [0.2, 0.25) is 10.5 Å². The number of nitrogens with zero attached hydrogens (tertiary/aromatic N) is 4. The topological polar surface area (TPSA) is 112 Å². The van der Waals surface area contributed by atoms with E-state index in [1.54, 1.807) is 0 Å². The van der Waals surface area contributed by atoms with Crippen molar-refractivity contribution >= 4 is 11.8 Å². The molecule has 2 aromatic rings. The van der Waals surface area contributed by atoms with E-state index < -0.39 is 0 Å². The predicted octanol–water partition coefficient (Wildman–Crippen LogP) is -4.42. The summed E-state index contributed by atoms with van der Waals surface area (Å²) >= 11 is 0. The van der Waals surface area contributed by atoms with Crippen molar-refractivity contribution in [2.75, 3.05) is 11.5 Å². The van der Waals surface area contributed by atoms with E-state index in [2.05, 4.69) is 24.4 Å². The number of aromatic nitrogens is 4. The summed E-state index contributed by atoms with van der Waals surface area (Å²) in [5.41, 5.74) is 13.7. The van der Waals surface area contributed by atoms with Crippen molar-refractivity contribution in [3.8, 4) is 0 Å². The minimum Gasteiger partial charge on any atom is -1.00 e. The minimum absolute atomic E-state index is 0. The van der Waals surface area contributed by atoms with Crippen LogP contribution in [0.1, 0.15) is 63.8 Å². The van der Waals surface area contributed by atoms with Crippen LogP contribution in [-0.2, 0) is 25.9 Å². The van der Waals surface area contributed by atoms with E-state index in [-0.39, 0.29) is 24.8 Å². The summed E-state index contributed by atoms with van der Waals surface area (Å²) in [5.74, 6) is 0.748. The van der Waals surface area contributed by atoms with E-state index in [0.29, 0.717) is 24.6 Å². The first-order chi connectivity index (χ1) is 11.7. The standard InChI is InChI=1S/C16H30N6O2.2ClH/c1-3-5-7-11-21-13(15(17)23-19-21)9-10-14-16(18)24-20-22(14)12-8-6-4-2;;/h3-12,17-18H2,1-2H3;2*1H/q+2;;/p-2. The molecule has 0 radical (unpaired) electrons. The number of rotatable bonds is 11. The minimum atomic E-state index is 0. The van der Waals surface area contributed by atoms with Crippen LogP contribution < -0.4 is 45.6 Å². The molecule has 0 fully saturated rings.